The minimum absolute atomic E-state index is 0.449. The van der Waals surface area contributed by atoms with E-state index in [2.05, 4.69) is 4.98 Å². The standard InChI is InChI=1S/C16H10ClNO2/c17-15(19)12-6-8-13(9-7-12)16-18-14(10-20-16)11-4-2-1-3-5-11/h1-10H. The minimum atomic E-state index is -0.478. The van der Waals surface area contributed by atoms with Gasteiger partial charge in [0.25, 0.3) is 5.24 Å². The molecule has 0 aliphatic heterocycles. The zero-order valence-corrected chi connectivity index (χ0v) is 11.2. The van der Waals surface area contributed by atoms with Gasteiger partial charge in [0.2, 0.25) is 5.89 Å². The molecular formula is C16H10ClNO2. The van der Waals surface area contributed by atoms with Crippen LogP contribution in [0.5, 0.6) is 0 Å². The van der Waals surface area contributed by atoms with Crippen LogP contribution >= 0.6 is 11.6 Å². The summed E-state index contributed by atoms with van der Waals surface area (Å²) in [5.41, 5.74) is 3.02. The Kier molecular flexibility index (Phi) is 3.35. The van der Waals surface area contributed by atoms with Gasteiger partial charge < -0.3 is 4.42 Å². The molecule has 20 heavy (non-hydrogen) atoms. The van der Waals surface area contributed by atoms with Gasteiger partial charge in [0.15, 0.2) is 0 Å². The van der Waals surface area contributed by atoms with Crippen molar-refractivity contribution in [2.75, 3.05) is 0 Å². The molecule has 2 aromatic carbocycles. The van der Waals surface area contributed by atoms with Crippen LogP contribution in [0.2, 0.25) is 0 Å². The molecule has 0 fully saturated rings. The van der Waals surface area contributed by atoms with Crippen molar-refractivity contribution < 1.29 is 9.21 Å². The van der Waals surface area contributed by atoms with Crippen LogP contribution in [0.3, 0.4) is 0 Å². The third-order valence-corrected chi connectivity index (χ3v) is 3.15. The van der Waals surface area contributed by atoms with Crippen LogP contribution in [0.4, 0.5) is 0 Å². The van der Waals surface area contributed by atoms with E-state index < -0.39 is 5.24 Å². The average Bonchev–Trinajstić information content (AvgIpc) is 2.98. The molecule has 0 amide bonds. The van der Waals surface area contributed by atoms with Crippen LogP contribution in [0, 0.1) is 0 Å². The van der Waals surface area contributed by atoms with Crippen LogP contribution < -0.4 is 0 Å². The van der Waals surface area contributed by atoms with E-state index in [4.69, 9.17) is 16.0 Å². The van der Waals surface area contributed by atoms with Gasteiger partial charge in [-0.1, -0.05) is 30.3 Å². The first-order valence-electron chi connectivity index (χ1n) is 6.05. The fourth-order valence-electron chi connectivity index (χ4n) is 1.89. The van der Waals surface area contributed by atoms with Crippen LogP contribution in [-0.4, -0.2) is 10.2 Å². The third-order valence-electron chi connectivity index (χ3n) is 2.93. The summed E-state index contributed by atoms with van der Waals surface area (Å²) in [5.74, 6) is 0.512. The van der Waals surface area contributed by atoms with Gasteiger partial charge in [-0.3, -0.25) is 4.79 Å². The highest BCUT2D eigenvalue weighted by atomic mass is 35.5. The van der Waals surface area contributed by atoms with Gasteiger partial charge in [-0.05, 0) is 35.9 Å². The second-order valence-electron chi connectivity index (χ2n) is 4.25. The molecule has 0 aliphatic rings. The van der Waals surface area contributed by atoms with Gasteiger partial charge in [-0.2, -0.15) is 0 Å². The molecule has 1 heterocycles. The fraction of sp³-hybridized carbons (Fsp3) is 0. The summed E-state index contributed by atoms with van der Waals surface area (Å²) < 4.78 is 5.48. The number of aromatic nitrogens is 1. The first-order chi connectivity index (χ1) is 9.74. The van der Waals surface area contributed by atoms with Gasteiger partial charge >= 0.3 is 0 Å². The lowest BCUT2D eigenvalue weighted by molar-refractivity contribution is 0.108. The first-order valence-corrected chi connectivity index (χ1v) is 6.43. The van der Waals surface area contributed by atoms with E-state index in [1.165, 1.54) is 0 Å². The molecule has 0 N–H and O–H groups in total. The molecule has 3 aromatic rings. The summed E-state index contributed by atoms with van der Waals surface area (Å²) in [4.78, 5) is 15.4. The number of nitrogens with zero attached hydrogens (tertiary/aromatic N) is 1. The summed E-state index contributed by atoms with van der Waals surface area (Å²) >= 11 is 5.41. The van der Waals surface area contributed by atoms with Crippen molar-refractivity contribution >= 4 is 16.8 Å². The lowest BCUT2D eigenvalue weighted by Gasteiger charge is -1.97. The minimum Gasteiger partial charge on any atom is -0.444 e. The SMILES string of the molecule is O=C(Cl)c1ccc(-c2nc(-c3ccccc3)co2)cc1. The van der Waals surface area contributed by atoms with E-state index in [9.17, 15) is 4.79 Å². The molecule has 4 heteroatoms. The Balaban J connectivity index is 1.92. The maximum Gasteiger partial charge on any atom is 0.252 e. The monoisotopic (exact) mass is 283 g/mol. The van der Waals surface area contributed by atoms with Crippen molar-refractivity contribution in [2.24, 2.45) is 0 Å². The van der Waals surface area contributed by atoms with Crippen LogP contribution in [0.15, 0.2) is 65.3 Å². The Labute approximate surface area is 120 Å². The number of carbonyl (C=O) groups is 1. The van der Waals surface area contributed by atoms with Gasteiger partial charge in [-0.15, -0.1) is 0 Å². The van der Waals surface area contributed by atoms with E-state index >= 15 is 0 Å². The van der Waals surface area contributed by atoms with Crippen molar-refractivity contribution in [3.05, 3.63) is 66.4 Å². The number of benzene rings is 2. The molecule has 0 unspecified atom stereocenters. The van der Waals surface area contributed by atoms with E-state index in [0.29, 0.717) is 11.5 Å². The van der Waals surface area contributed by atoms with Crippen molar-refractivity contribution in [2.45, 2.75) is 0 Å². The number of hydrogen-bond donors (Lipinski definition) is 0. The summed E-state index contributed by atoms with van der Waals surface area (Å²) in [6.07, 6.45) is 1.62. The largest absolute Gasteiger partial charge is 0.444 e. The summed E-state index contributed by atoms with van der Waals surface area (Å²) in [7, 11) is 0. The lowest BCUT2D eigenvalue weighted by Crippen LogP contribution is -1.88. The topological polar surface area (TPSA) is 43.1 Å². The molecule has 0 bridgehead atoms. The maximum absolute atomic E-state index is 11.0. The number of oxazole rings is 1. The highest BCUT2D eigenvalue weighted by molar-refractivity contribution is 6.67. The Morgan fingerprint density at radius 3 is 2.30 bits per heavy atom. The molecule has 3 nitrogen and oxygen atoms in total. The molecule has 3 rings (SSSR count). The number of carbonyl (C=O) groups excluding carboxylic acids is 1. The van der Waals surface area contributed by atoms with Gasteiger partial charge in [0, 0.05) is 16.7 Å². The molecule has 0 saturated heterocycles. The fourth-order valence-corrected chi connectivity index (χ4v) is 2.02. The smallest absolute Gasteiger partial charge is 0.252 e. The lowest BCUT2D eigenvalue weighted by atomic mass is 10.1. The highest BCUT2D eigenvalue weighted by Crippen LogP contribution is 2.24. The van der Waals surface area contributed by atoms with Gasteiger partial charge in [0.1, 0.15) is 12.0 Å². The molecule has 0 aliphatic carbocycles. The molecule has 0 atom stereocenters. The van der Waals surface area contributed by atoms with E-state index in [-0.39, 0.29) is 0 Å². The molecule has 0 spiro atoms. The second kappa shape index (κ2) is 5.31. The quantitative estimate of drug-likeness (QED) is 0.670. The third kappa shape index (κ3) is 2.49. The molecule has 98 valence electrons. The second-order valence-corrected chi connectivity index (χ2v) is 4.60. The normalized spacial score (nSPS) is 10.4. The van der Waals surface area contributed by atoms with Crippen molar-refractivity contribution in [3.8, 4) is 22.7 Å². The van der Waals surface area contributed by atoms with E-state index in [1.54, 1.807) is 30.5 Å². The van der Waals surface area contributed by atoms with Crippen LogP contribution in [0.1, 0.15) is 10.4 Å². The summed E-state index contributed by atoms with van der Waals surface area (Å²) in [6, 6.07) is 16.6. The molecule has 1 aromatic heterocycles. The maximum atomic E-state index is 11.0. The van der Waals surface area contributed by atoms with Crippen molar-refractivity contribution in [1.29, 1.82) is 0 Å². The number of hydrogen-bond acceptors (Lipinski definition) is 3. The Bertz CT molecular complexity index is 733. The highest BCUT2D eigenvalue weighted by Gasteiger charge is 2.09. The molecule has 0 radical (unpaired) electrons. The molecular weight excluding hydrogens is 274 g/mol. The van der Waals surface area contributed by atoms with Gasteiger partial charge in [-0.25, -0.2) is 4.98 Å². The Hall–Kier alpha value is -2.39. The van der Waals surface area contributed by atoms with Crippen molar-refractivity contribution in [1.82, 2.24) is 4.98 Å². The number of rotatable bonds is 3. The first kappa shape index (κ1) is 12.6. The zero-order chi connectivity index (χ0) is 13.9. The van der Waals surface area contributed by atoms with Crippen molar-refractivity contribution in [3.63, 3.8) is 0 Å². The summed E-state index contributed by atoms with van der Waals surface area (Å²) in [5, 5.41) is -0.478. The average molecular weight is 284 g/mol. The predicted octanol–water partition coefficient (Wildman–Crippen LogP) is 4.39. The van der Waals surface area contributed by atoms with Crippen LogP contribution in [0.25, 0.3) is 22.7 Å². The van der Waals surface area contributed by atoms with E-state index in [0.717, 1.165) is 16.8 Å². The number of halogens is 1. The predicted molar refractivity (Wildman–Crippen MR) is 77.6 cm³/mol. The molecule has 0 saturated carbocycles. The Morgan fingerprint density at radius 1 is 0.950 bits per heavy atom. The zero-order valence-electron chi connectivity index (χ0n) is 10.4. The van der Waals surface area contributed by atoms with Crippen LogP contribution in [-0.2, 0) is 0 Å². The summed E-state index contributed by atoms with van der Waals surface area (Å²) in [6.45, 7) is 0. The van der Waals surface area contributed by atoms with E-state index in [1.807, 2.05) is 30.3 Å². The Morgan fingerprint density at radius 2 is 1.65 bits per heavy atom. The van der Waals surface area contributed by atoms with Gasteiger partial charge in [0.05, 0.1) is 0 Å².